The zero-order chi connectivity index (χ0) is 20.3. The number of aromatic nitrogens is 2. The van der Waals surface area contributed by atoms with Crippen LogP contribution in [0.4, 0.5) is 10.2 Å². The molecule has 3 rings (SSSR count). The molecule has 1 aliphatic rings. The van der Waals surface area contributed by atoms with E-state index in [2.05, 4.69) is 10.3 Å². The molecule has 10 heteroatoms. The van der Waals surface area contributed by atoms with E-state index in [0.29, 0.717) is 11.5 Å². The minimum Gasteiger partial charge on any atom is -0.497 e. The van der Waals surface area contributed by atoms with Gasteiger partial charge in [0.1, 0.15) is 23.5 Å². The first-order valence-corrected chi connectivity index (χ1v) is 8.49. The van der Waals surface area contributed by atoms with Crippen molar-refractivity contribution in [1.82, 2.24) is 9.55 Å². The number of carbonyl (C=O) groups excluding carboxylic acids is 1. The lowest BCUT2D eigenvalue weighted by atomic mass is 10.2. The van der Waals surface area contributed by atoms with Gasteiger partial charge in [0.15, 0.2) is 6.23 Å². The molecule has 1 amide bonds. The molecule has 1 aromatic heterocycles. The van der Waals surface area contributed by atoms with Crippen molar-refractivity contribution in [1.29, 1.82) is 0 Å². The van der Waals surface area contributed by atoms with Gasteiger partial charge >= 0.3 is 5.69 Å². The van der Waals surface area contributed by atoms with Crippen molar-refractivity contribution >= 4 is 11.7 Å². The van der Waals surface area contributed by atoms with E-state index in [1.165, 1.54) is 38.6 Å². The Bertz CT molecular complexity index is 896. The van der Waals surface area contributed by atoms with E-state index in [1.54, 1.807) is 6.07 Å². The van der Waals surface area contributed by atoms with Crippen LogP contribution in [0.5, 0.6) is 11.5 Å². The van der Waals surface area contributed by atoms with Gasteiger partial charge in [-0.15, -0.1) is 0 Å². The lowest BCUT2D eigenvalue weighted by Crippen LogP contribution is -2.31. The van der Waals surface area contributed by atoms with Gasteiger partial charge in [0.25, 0.3) is 5.91 Å². The van der Waals surface area contributed by atoms with Crippen LogP contribution in [-0.2, 0) is 4.74 Å². The molecular formula is C18H20FN3O6. The molecule has 2 heterocycles. The monoisotopic (exact) mass is 393 g/mol. The van der Waals surface area contributed by atoms with Gasteiger partial charge in [0, 0.05) is 24.2 Å². The summed E-state index contributed by atoms with van der Waals surface area (Å²) in [4.78, 5) is 28.4. The summed E-state index contributed by atoms with van der Waals surface area (Å²) in [7, 11) is 2.92. The molecule has 28 heavy (non-hydrogen) atoms. The molecule has 1 fully saturated rings. The Morgan fingerprint density at radius 2 is 2.04 bits per heavy atom. The molecular weight excluding hydrogens is 373 g/mol. The van der Waals surface area contributed by atoms with E-state index in [-0.39, 0.29) is 24.4 Å². The lowest BCUT2D eigenvalue weighted by molar-refractivity contribution is -0.0393. The van der Waals surface area contributed by atoms with Crippen molar-refractivity contribution in [3.05, 3.63) is 46.5 Å². The van der Waals surface area contributed by atoms with E-state index in [9.17, 15) is 14.0 Å². The first kappa shape index (κ1) is 19.8. The number of nitrogens with zero attached hydrogens (tertiary/aromatic N) is 2. The SMILES string of the molecule is COc1cc(OC)cc(C(=O)Nc2ccn([C@@H]3O[C@H](CO)C[C@@H]3F)c(=O)n2)c1. The minimum absolute atomic E-state index is 0.000139. The number of aliphatic hydroxyl groups is 1. The Kier molecular flexibility index (Phi) is 5.90. The van der Waals surface area contributed by atoms with Crippen molar-refractivity contribution in [3.63, 3.8) is 0 Å². The van der Waals surface area contributed by atoms with Crippen molar-refractivity contribution in [2.45, 2.75) is 24.9 Å². The third-order valence-electron chi connectivity index (χ3n) is 4.29. The van der Waals surface area contributed by atoms with Crippen LogP contribution in [0.25, 0.3) is 0 Å². The summed E-state index contributed by atoms with van der Waals surface area (Å²) >= 11 is 0. The molecule has 2 N–H and O–H groups in total. The van der Waals surface area contributed by atoms with Crippen molar-refractivity contribution in [2.75, 3.05) is 26.1 Å². The highest BCUT2D eigenvalue weighted by molar-refractivity contribution is 6.04. The molecule has 0 saturated carbocycles. The van der Waals surface area contributed by atoms with Crippen LogP contribution >= 0.6 is 0 Å². The molecule has 0 aliphatic carbocycles. The minimum atomic E-state index is -1.44. The smallest absolute Gasteiger partial charge is 0.351 e. The van der Waals surface area contributed by atoms with Gasteiger partial charge in [-0.05, 0) is 18.2 Å². The zero-order valence-electron chi connectivity index (χ0n) is 15.3. The number of ether oxygens (including phenoxy) is 3. The number of alkyl halides is 1. The molecule has 1 aliphatic heterocycles. The van der Waals surface area contributed by atoms with Crippen LogP contribution in [-0.4, -0.2) is 53.7 Å². The van der Waals surface area contributed by atoms with E-state index < -0.39 is 30.1 Å². The standard InChI is InChI=1S/C18H20FN3O6/c1-26-11-5-10(6-12(7-11)27-2)16(24)20-15-3-4-22(18(25)21-15)17-14(19)8-13(9-23)28-17/h3-7,13-14,17,23H,8-9H2,1-2H3,(H,20,21,24,25)/t13-,14-,17+/m0/s1. The van der Waals surface area contributed by atoms with Gasteiger partial charge in [0.05, 0.1) is 26.9 Å². The van der Waals surface area contributed by atoms with Gasteiger partial charge in [-0.2, -0.15) is 4.98 Å². The second-order valence-electron chi connectivity index (χ2n) is 6.14. The average molecular weight is 393 g/mol. The molecule has 1 saturated heterocycles. The molecule has 2 aromatic rings. The van der Waals surface area contributed by atoms with E-state index >= 15 is 0 Å². The van der Waals surface area contributed by atoms with Crippen LogP contribution in [0.3, 0.4) is 0 Å². The number of methoxy groups -OCH3 is 2. The molecule has 1 aromatic carbocycles. The number of benzene rings is 1. The summed E-state index contributed by atoms with van der Waals surface area (Å²) in [5, 5.41) is 11.6. The van der Waals surface area contributed by atoms with Crippen molar-refractivity contribution in [2.24, 2.45) is 0 Å². The first-order valence-electron chi connectivity index (χ1n) is 8.49. The summed E-state index contributed by atoms with van der Waals surface area (Å²) < 4.78 is 30.6. The van der Waals surface area contributed by atoms with Crippen LogP contribution < -0.4 is 20.5 Å². The second-order valence-corrected chi connectivity index (χ2v) is 6.14. The highest BCUT2D eigenvalue weighted by Gasteiger charge is 2.37. The van der Waals surface area contributed by atoms with E-state index in [0.717, 1.165) is 4.57 Å². The zero-order valence-corrected chi connectivity index (χ0v) is 15.3. The van der Waals surface area contributed by atoms with Crippen molar-refractivity contribution < 1.29 is 28.5 Å². The Labute approximate surface area is 159 Å². The average Bonchev–Trinajstić information content (AvgIpc) is 3.08. The summed E-state index contributed by atoms with van der Waals surface area (Å²) in [5.41, 5.74) is -0.539. The van der Waals surface area contributed by atoms with Gasteiger partial charge < -0.3 is 24.6 Å². The predicted octanol–water partition coefficient (Wildman–Crippen LogP) is 1.13. The molecule has 0 radical (unpaired) electrons. The van der Waals surface area contributed by atoms with E-state index in [1.807, 2.05) is 0 Å². The Morgan fingerprint density at radius 1 is 1.36 bits per heavy atom. The quantitative estimate of drug-likeness (QED) is 0.757. The number of amides is 1. The number of hydrogen-bond acceptors (Lipinski definition) is 7. The Morgan fingerprint density at radius 3 is 2.57 bits per heavy atom. The number of rotatable bonds is 6. The number of hydrogen-bond donors (Lipinski definition) is 2. The predicted molar refractivity (Wildman–Crippen MR) is 96.5 cm³/mol. The lowest BCUT2D eigenvalue weighted by Gasteiger charge is -2.16. The van der Waals surface area contributed by atoms with Gasteiger partial charge in [-0.3, -0.25) is 9.36 Å². The maximum absolute atomic E-state index is 14.0. The summed E-state index contributed by atoms with van der Waals surface area (Å²) in [5.74, 6) is 0.334. The second kappa shape index (κ2) is 8.36. The van der Waals surface area contributed by atoms with Crippen LogP contribution in [0.15, 0.2) is 35.3 Å². The Hall–Kier alpha value is -2.98. The summed E-state index contributed by atoms with van der Waals surface area (Å²) in [6, 6.07) is 5.99. The molecule has 0 bridgehead atoms. The van der Waals surface area contributed by atoms with Crippen LogP contribution in [0.2, 0.25) is 0 Å². The first-order chi connectivity index (χ1) is 13.4. The third-order valence-corrected chi connectivity index (χ3v) is 4.29. The molecule has 0 unspecified atom stereocenters. The molecule has 9 nitrogen and oxygen atoms in total. The maximum atomic E-state index is 14.0. The Balaban J connectivity index is 1.78. The van der Waals surface area contributed by atoms with E-state index in [4.69, 9.17) is 19.3 Å². The maximum Gasteiger partial charge on any atom is 0.351 e. The topological polar surface area (TPSA) is 112 Å². The summed E-state index contributed by atoms with van der Waals surface area (Å²) in [6.07, 6.45) is -2.00. The van der Waals surface area contributed by atoms with Crippen LogP contribution in [0, 0.1) is 0 Å². The summed E-state index contributed by atoms with van der Waals surface area (Å²) in [6.45, 7) is -0.336. The number of aliphatic hydroxyl groups excluding tert-OH is 1. The number of nitrogens with one attached hydrogen (secondary N) is 1. The molecule has 0 spiro atoms. The van der Waals surface area contributed by atoms with Gasteiger partial charge in [-0.25, -0.2) is 9.18 Å². The van der Waals surface area contributed by atoms with Gasteiger partial charge in [-0.1, -0.05) is 0 Å². The fourth-order valence-corrected chi connectivity index (χ4v) is 2.87. The van der Waals surface area contributed by atoms with Crippen LogP contribution in [0.1, 0.15) is 23.0 Å². The normalized spacial score (nSPS) is 21.4. The fraction of sp³-hybridized carbons (Fsp3) is 0.389. The highest BCUT2D eigenvalue weighted by Crippen LogP contribution is 2.30. The number of carbonyl (C=O) groups is 1. The largest absolute Gasteiger partial charge is 0.497 e. The van der Waals surface area contributed by atoms with Gasteiger partial charge in [0.2, 0.25) is 0 Å². The number of halogens is 1. The van der Waals surface area contributed by atoms with Crippen molar-refractivity contribution in [3.8, 4) is 11.5 Å². The molecule has 3 atom stereocenters. The third kappa shape index (κ3) is 4.12. The highest BCUT2D eigenvalue weighted by atomic mass is 19.1. The molecule has 150 valence electrons. The number of anilines is 1. The fourth-order valence-electron chi connectivity index (χ4n) is 2.87.